The first-order valence-electron chi connectivity index (χ1n) is 7.70. The second-order valence-corrected chi connectivity index (χ2v) is 7.47. The maximum absolute atomic E-state index is 11.8. The minimum Gasteiger partial charge on any atom is -0.340 e. The molecule has 6 heteroatoms. The van der Waals surface area contributed by atoms with Crippen LogP contribution in [-0.4, -0.2) is 19.2 Å². The molecule has 2 N–H and O–H groups in total. The molecule has 0 aliphatic heterocycles. The Kier molecular flexibility index (Phi) is 5.60. The largest absolute Gasteiger partial charge is 0.340 e. The fraction of sp³-hybridized carbons (Fsp3) is 0.353. The Hall–Kier alpha value is -2.08. The molecule has 1 aromatic carbocycles. The number of rotatable bonds is 7. The molecule has 0 spiro atoms. The molecule has 5 nitrogen and oxygen atoms in total. The zero-order valence-corrected chi connectivity index (χ0v) is 14.6. The van der Waals surface area contributed by atoms with E-state index in [2.05, 4.69) is 34.9 Å². The van der Waals surface area contributed by atoms with E-state index in [1.54, 1.807) is 12.1 Å². The standard InChI is InChI=1S/C17H23N3O2S/c1-4-5-10-23(21,22)20-16-8-9-17(18-12-16)19-15-7-6-13(2)14(3)11-15/h6-9,11-12,20H,4-5,10H2,1-3H3,(H,18,19). The van der Waals surface area contributed by atoms with Crippen LogP contribution in [0.3, 0.4) is 0 Å². The Balaban J connectivity index is 2.03. The summed E-state index contributed by atoms with van der Waals surface area (Å²) >= 11 is 0. The minimum absolute atomic E-state index is 0.131. The SMILES string of the molecule is CCCCS(=O)(=O)Nc1ccc(Nc2ccc(C)c(C)c2)nc1. The molecule has 0 aliphatic rings. The van der Waals surface area contributed by atoms with Gasteiger partial charge in [0.25, 0.3) is 0 Å². The van der Waals surface area contributed by atoms with Crippen molar-refractivity contribution in [3.8, 4) is 0 Å². The van der Waals surface area contributed by atoms with Gasteiger partial charge in [-0.3, -0.25) is 4.72 Å². The maximum atomic E-state index is 11.8. The summed E-state index contributed by atoms with van der Waals surface area (Å²) in [7, 11) is -3.29. The highest BCUT2D eigenvalue weighted by atomic mass is 32.2. The summed E-state index contributed by atoms with van der Waals surface area (Å²) in [6.45, 7) is 6.09. The van der Waals surface area contributed by atoms with E-state index in [-0.39, 0.29) is 5.75 Å². The quantitative estimate of drug-likeness (QED) is 0.804. The number of nitrogens with zero attached hydrogens (tertiary/aromatic N) is 1. The lowest BCUT2D eigenvalue weighted by Gasteiger charge is -2.10. The van der Waals surface area contributed by atoms with Crippen LogP contribution in [-0.2, 0) is 10.0 Å². The van der Waals surface area contributed by atoms with Crippen LogP contribution in [0.15, 0.2) is 36.5 Å². The van der Waals surface area contributed by atoms with Gasteiger partial charge in [0, 0.05) is 5.69 Å². The molecule has 1 heterocycles. The van der Waals surface area contributed by atoms with Crippen LogP contribution in [0.4, 0.5) is 17.2 Å². The van der Waals surface area contributed by atoms with Gasteiger partial charge in [-0.1, -0.05) is 19.4 Å². The van der Waals surface area contributed by atoms with E-state index >= 15 is 0 Å². The van der Waals surface area contributed by atoms with Gasteiger partial charge < -0.3 is 5.32 Å². The van der Waals surface area contributed by atoms with Crippen molar-refractivity contribution < 1.29 is 8.42 Å². The highest BCUT2D eigenvalue weighted by molar-refractivity contribution is 7.92. The van der Waals surface area contributed by atoms with Crippen LogP contribution in [0.1, 0.15) is 30.9 Å². The van der Waals surface area contributed by atoms with Crippen LogP contribution < -0.4 is 10.0 Å². The zero-order chi connectivity index (χ0) is 16.9. The monoisotopic (exact) mass is 333 g/mol. The second-order valence-electron chi connectivity index (χ2n) is 5.63. The molecule has 0 bridgehead atoms. The Morgan fingerprint density at radius 2 is 1.78 bits per heavy atom. The van der Waals surface area contributed by atoms with Crippen LogP contribution >= 0.6 is 0 Å². The van der Waals surface area contributed by atoms with Crippen molar-refractivity contribution in [2.45, 2.75) is 33.6 Å². The number of anilines is 3. The van der Waals surface area contributed by atoms with Crippen molar-refractivity contribution >= 4 is 27.2 Å². The van der Waals surface area contributed by atoms with Gasteiger partial charge >= 0.3 is 0 Å². The van der Waals surface area contributed by atoms with Crippen molar-refractivity contribution in [1.29, 1.82) is 0 Å². The fourth-order valence-electron chi connectivity index (χ4n) is 2.06. The first kappa shape index (κ1) is 17.3. The third-order valence-electron chi connectivity index (χ3n) is 3.58. The summed E-state index contributed by atoms with van der Waals surface area (Å²) in [5, 5.41) is 3.21. The summed E-state index contributed by atoms with van der Waals surface area (Å²) in [5.74, 6) is 0.802. The number of aromatic nitrogens is 1. The van der Waals surface area contributed by atoms with Crippen molar-refractivity contribution in [3.05, 3.63) is 47.7 Å². The summed E-state index contributed by atoms with van der Waals surface area (Å²) in [6, 6.07) is 9.56. The van der Waals surface area contributed by atoms with Crippen molar-refractivity contribution in [2.24, 2.45) is 0 Å². The number of nitrogens with one attached hydrogen (secondary N) is 2. The van der Waals surface area contributed by atoms with Gasteiger partial charge in [-0.25, -0.2) is 13.4 Å². The molecule has 0 radical (unpaired) electrons. The molecular weight excluding hydrogens is 310 g/mol. The van der Waals surface area contributed by atoms with Gasteiger partial charge in [0.1, 0.15) is 5.82 Å². The third-order valence-corrected chi connectivity index (χ3v) is 4.96. The second kappa shape index (κ2) is 7.46. The summed E-state index contributed by atoms with van der Waals surface area (Å²) in [4.78, 5) is 4.25. The lowest BCUT2D eigenvalue weighted by molar-refractivity contribution is 0.598. The number of pyridine rings is 1. The van der Waals surface area contributed by atoms with Crippen molar-refractivity contribution in [2.75, 3.05) is 15.8 Å². The van der Waals surface area contributed by atoms with Crippen molar-refractivity contribution in [1.82, 2.24) is 4.98 Å². The predicted molar refractivity (Wildman–Crippen MR) is 95.8 cm³/mol. The van der Waals surface area contributed by atoms with E-state index in [0.29, 0.717) is 17.9 Å². The lowest BCUT2D eigenvalue weighted by Crippen LogP contribution is -2.16. The number of unbranched alkanes of at least 4 members (excludes halogenated alkanes) is 1. The molecule has 23 heavy (non-hydrogen) atoms. The minimum atomic E-state index is -3.29. The van der Waals surface area contributed by atoms with E-state index in [1.165, 1.54) is 17.3 Å². The third kappa shape index (κ3) is 5.25. The highest BCUT2D eigenvalue weighted by Gasteiger charge is 2.09. The van der Waals surface area contributed by atoms with E-state index in [4.69, 9.17) is 0 Å². The number of hydrogen-bond donors (Lipinski definition) is 2. The molecule has 0 fully saturated rings. The summed E-state index contributed by atoms with van der Waals surface area (Å²) < 4.78 is 26.2. The Morgan fingerprint density at radius 3 is 2.39 bits per heavy atom. The average Bonchev–Trinajstić information content (AvgIpc) is 2.51. The molecule has 0 atom stereocenters. The Labute approximate surface area is 138 Å². The topological polar surface area (TPSA) is 71.1 Å². The Bertz CT molecular complexity index is 756. The summed E-state index contributed by atoms with van der Waals surface area (Å²) in [6.07, 6.45) is 3.01. The predicted octanol–water partition coefficient (Wildman–Crippen LogP) is 3.98. The number of sulfonamides is 1. The van der Waals surface area contributed by atoms with Gasteiger partial charge in [-0.15, -0.1) is 0 Å². The smallest absolute Gasteiger partial charge is 0.232 e. The first-order valence-corrected chi connectivity index (χ1v) is 9.35. The molecule has 0 saturated carbocycles. The first-order chi connectivity index (χ1) is 10.9. The van der Waals surface area contributed by atoms with Gasteiger partial charge in [0.15, 0.2) is 0 Å². The zero-order valence-electron chi connectivity index (χ0n) is 13.8. The molecule has 2 rings (SSSR count). The number of benzene rings is 1. The van der Waals surface area contributed by atoms with Crippen LogP contribution in [0, 0.1) is 13.8 Å². The van der Waals surface area contributed by atoms with Gasteiger partial charge in [0.05, 0.1) is 17.6 Å². The number of hydrogen-bond acceptors (Lipinski definition) is 4. The maximum Gasteiger partial charge on any atom is 0.232 e. The molecule has 0 aliphatic carbocycles. The molecule has 124 valence electrons. The fourth-order valence-corrected chi connectivity index (χ4v) is 3.31. The average molecular weight is 333 g/mol. The van der Waals surface area contributed by atoms with E-state index in [0.717, 1.165) is 12.1 Å². The molecule has 0 saturated heterocycles. The van der Waals surface area contributed by atoms with E-state index < -0.39 is 10.0 Å². The van der Waals surface area contributed by atoms with E-state index in [9.17, 15) is 8.42 Å². The molecule has 0 amide bonds. The van der Waals surface area contributed by atoms with E-state index in [1.807, 2.05) is 19.1 Å². The molecule has 2 aromatic rings. The molecular formula is C17H23N3O2S. The van der Waals surface area contributed by atoms with Gasteiger partial charge in [-0.05, 0) is 55.7 Å². The Morgan fingerprint density at radius 1 is 1.04 bits per heavy atom. The van der Waals surface area contributed by atoms with Gasteiger partial charge in [0.2, 0.25) is 10.0 Å². The van der Waals surface area contributed by atoms with Crippen molar-refractivity contribution in [3.63, 3.8) is 0 Å². The highest BCUT2D eigenvalue weighted by Crippen LogP contribution is 2.19. The molecule has 0 unspecified atom stereocenters. The lowest BCUT2D eigenvalue weighted by atomic mass is 10.1. The number of aryl methyl sites for hydroxylation is 2. The normalized spacial score (nSPS) is 11.3. The van der Waals surface area contributed by atoms with Crippen LogP contribution in [0.2, 0.25) is 0 Å². The molecule has 1 aromatic heterocycles. The van der Waals surface area contributed by atoms with Crippen LogP contribution in [0.5, 0.6) is 0 Å². The van der Waals surface area contributed by atoms with Crippen LogP contribution in [0.25, 0.3) is 0 Å². The summed E-state index contributed by atoms with van der Waals surface area (Å²) in [5.41, 5.74) is 3.87. The van der Waals surface area contributed by atoms with Gasteiger partial charge in [-0.2, -0.15) is 0 Å².